The van der Waals surface area contributed by atoms with Crippen LogP contribution in [0.5, 0.6) is 0 Å². The lowest BCUT2D eigenvalue weighted by atomic mass is 10.1. The van der Waals surface area contributed by atoms with Crippen LogP contribution in [0.4, 0.5) is 8.78 Å². The second-order valence-corrected chi connectivity index (χ2v) is 6.85. The zero-order chi connectivity index (χ0) is 19.4. The number of rotatable bonds is 4. The minimum atomic E-state index is -0.520. The predicted molar refractivity (Wildman–Crippen MR) is 98.6 cm³/mol. The maximum Gasteiger partial charge on any atom is 0.253 e. The van der Waals surface area contributed by atoms with Crippen molar-refractivity contribution in [1.82, 2.24) is 9.80 Å². The second-order valence-electron chi connectivity index (χ2n) is 6.42. The number of carbonyl (C=O) groups excluding carboxylic acids is 2. The molecule has 0 bridgehead atoms. The van der Waals surface area contributed by atoms with Crippen LogP contribution in [0.25, 0.3) is 0 Å². The summed E-state index contributed by atoms with van der Waals surface area (Å²) in [5, 5.41) is 0.566. The van der Waals surface area contributed by atoms with Gasteiger partial charge in [-0.15, -0.1) is 0 Å². The minimum Gasteiger partial charge on any atom is -0.339 e. The second kappa shape index (κ2) is 8.48. The Balaban J connectivity index is 1.51. The maximum absolute atomic E-state index is 13.6. The number of hydrogen-bond acceptors (Lipinski definition) is 2. The minimum absolute atomic E-state index is 0.0967. The van der Waals surface area contributed by atoms with Gasteiger partial charge in [0.25, 0.3) is 5.91 Å². The summed E-state index contributed by atoms with van der Waals surface area (Å²) in [6.07, 6.45) is 0.248. The number of nitrogens with zero attached hydrogens (tertiary/aromatic N) is 2. The van der Waals surface area contributed by atoms with Gasteiger partial charge in [-0.05, 0) is 54.4 Å². The summed E-state index contributed by atoms with van der Waals surface area (Å²) >= 11 is 5.84. The summed E-state index contributed by atoms with van der Waals surface area (Å²) in [6, 6.07) is 9.92. The first-order valence-electron chi connectivity index (χ1n) is 8.70. The van der Waals surface area contributed by atoms with Crippen molar-refractivity contribution in [1.29, 1.82) is 0 Å². The average Bonchev–Trinajstić information content (AvgIpc) is 2.68. The Morgan fingerprint density at radius 2 is 1.56 bits per heavy atom. The summed E-state index contributed by atoms with van der Waals surface area (Å²) in [5.41, 5.74) is 0.751. The van der Waals surface area contributed by atoms with Gasteiger partial charge in [0.15, 0.2) is 0 Å². The predicted octanol–water partition coefficient (Wildman–Crippen LogP) is 3.54. The van der Waals surface area contributed by atoms with E-state index in [4.69, 9.17) is 11.6 Å². The van der Waals surface area contributed by atoms with Crippen LogP contribution in [0.15, 0.2) is 42.5 Å². The van der Waals surface area contributed by atoms with Gasteiger partial charge in [-0.2, -0.15) is 0 Å². The Bertz CT molecular complexity index is 834. The molecule has 0 aliphatic carbocycles. The molecule has 0 aromatic heterocycles. The van der Waals surface area contributed by atoms with E-state index in [1.54, 1.807) is 34.1 Å². The molecule has 2 aromatic carbocycles. The van der Waals surface area contributed by atoms with Gasteiger partial charge in [0, 0.05) is 43.2 Å². The highest BCUT2D eigenvalue weighted by atomic mass is 35.5. The van der Waals surface area contributed by atoms with Crippen LogP contribution in [0.1, 0.15) is 22.3 Å². The van der Waals surface area contributed by atoms with Crippen molar-refractivity contribution in [2.24, 2.45) is 0 Å². The Kier molecular flexibility index (Phi) is 6.06. The SMILES string of the molecule is O=C(CCc1cc(F)ccc1F)N1CCN(C(=O)c2ccc(Cl)cc2)CC1. The number of halogens is 3. The summed E-state index contributed by atoms with van der Waals surface area (Å²) in [6.45, 7) is 1.71. The largest absolute Gasteiger partial charge is 0.339 e. The van der Waals surface area contributed by atoms with Crippen LogP contribution < -0.4 is 0 Å². The molecule has 2 aromatic rings. The molecule has 2 amide bonds. The summed E-state index contributed by atoms with van der Waals surface area (Å²) < 4.78 is 26.8. The van der Waals surface area contributed by atoms with E-state index in [1.165, 1.54) is 0 Å². The summed E-state index contributed by atoms with van der Waals surface area (Å²) in [5.74, 6) is -1.26. The fourth-order valence-corrected chi connectivity index (χ4v) is 3.19. The first kappa shape index (κ1) is 19.3. The van der Waals surface area contributed by atoms with E-state index in [1.807, 2.05) is 0 Å². The first-order valence-corrected chi connectivity index (χ1v) is 9.08. The number of aryl methyl sites for hydroxylation is 1. The van der Waals surface area contributed by atoms with Gasteiger partial charge < -0.3 is 9.80 Å². The standard InChI is InChI=1S/C20H19ClF2N2O2/c21-16-4-1-14(2-5-16)20(27)25-11-9-24(10-12-25)19(26)8-3-15-13-17(22)6-7-18(15)23/h1-2,4-7,13H,3,8-12H2. The van der Waals surface area contributed by atoms with Crippen LogP contribution in [0, 0.1) is 11.6 Å². The van der Waals surface area contributed by atoms with E-state index in [2.05, 4.69) is 0 Å². The van der Waals surface area contributed by atoms with Gasteiger partial charge in [-0.1, -0.05) is 11.6 Å². The van der Waals surface area contributed by atoms with E-state index in [-0.39, 0.29) is 30.2 Å². The average molecular weight is 393 g/mol. The molecule has 7 heteroatoms. The number of amides is 2. The van der Waals surface area contributed by atoms with Gasteiger partial charge in [0.1, 0.15) is 11.6 Å². The number of hydrogen-bond donors (Lipinski definition) is 0. The van der Waals surface area contributed by atoms with Crippen molar-refractivity contribution < 1.29 is 18.4 Å². The molecule has 1 aliphatic rings. The van der Waals surface area contributed by atoms with Crippen molar-refractivity contribution in [2.75, 3.05) is 26.2 Å². The van der Waals surface area contributed by atoms with Crippen LogP contribution in [0.3, 0.4) is 0 Å². The quantitative estimate of drug-likeness (QED) is 0.798. The van der Waals surface area contributed by atoms with Crippen LogP contribution in [-0.4, -0.2) is 47.8 Å². The number of benzene rings is 2. The van der Waals surface area contributed by atoms with E-state index < -0.39 is 11.6 Å². The van der Waals surface area contributed by atoms with Crippen LogP contribution in [-0.2, 0) is 11.2 Å². The van der Waals surface area contributed by atoms with Crippen molar-refractivity contribution in [3.63, 3.8) is 0 Å². The van der Waals surface area contributed by atoms with Crippen molar-refractivity contribution in [3.8, 4) is 0 Å². The normalized spacial score (nSPS) is 14.3. The third kappa shape index (κ3) is 4.83. The molecule has 27 heavy (non-hydrogen) atoms. The molecule has 142 valence electrons. The molecule has 4 nitrogen and oxygen atoms in total. The Hall–Kier alpha value is -2.47. The molecule has 0 saturated carbocycles. The first-order chi connectivity index (χ1) is 12.9. The zero-order valence-electron chi connectivity index (χ0n) is 14.6. The molecule has 0 spiro atoms. The van der Waals surface area contributed by atoms with Gasteiger partial charge in [-0.3, -0.25) is 9.59 Å². The van der Waals surface area contributed by atoms with E-state index in [0.717, 1.165) is 18.2 Å². The Morgan fingerprint density at radius 3 is 2.22 bits per heavy atom. The number of piperazine rings is 1. The van der Waals surface area contributed by atoms with Gasteiger partial charge in [-0.25, -0.2) is 8.78 Å². The number of carbonyl (C=O) groups is 2. The highest BCUT2D eigenvalue weighted by Crippen LogP contribution is 2.15. The highest BCUT2D eigenvalue weighted by molar-refractivity contribution is 6.30. The maximum atomic E-state index is 13.6. The molecular formula is C20H19ClF2N2O2. The van der Waals surface area contributed by atoms with Crippen molar-refractivity contribution in [2.45, 2.75) is 12.8 Å². The van der Waals surface area contributed by atoms with Crippen LogP contribution >= 0.6 is 11.6 Å². The molecule has 0 radical (unpaired) electrons. The van der Waals surface area contributed by atoms with Crippen molar-refractivity contribution >= 4 is 23.4 Å². The summed E-state index contributed by atoms with van der Waals surface area (Å²) in [7, 11) is 0. The fraction of sp³-hybridized carbons (Fsp3) is 0.300. The van der Waals surface area contributed by atoms with Gasteiger partial charge >= 0.3 is 0 Å². The zero-order valence-corrected chi connectivity index (χ0v) is 15.4. The molecule has 3 rings (SSSR count). The molecule has 0 N–H and O–H groups in total. The van der Waals surface area contributed by atoms with Gasteiger partial charge in [0.2, 0.25) is 5.91 Å². The third-order valence-corrected chi connectivity index (χ3v) is 4.88. The molecule has 1 heterocycles. The fourth-order valence-electron chi connectivity index (χ4n) is 3.07. The lowest BCUT2D eigenvalue weighted by Gasteiger charge is -2.35. The van der Waals surface area contributed by atoms with E-state index in [9.17, 15) is 18.4 Å². The highest BCUT2D eigenvalue weighted by Gasteiger charge is 2.24. The van der Waals surface area contributed by atoms with E-state index >= 15 is 0 Å². The van der Waals surface area contributed by atoms with Crippen LogP contribution in [0.2, 0.25) is 5.02 Å². The lowest BCUT2D eigenvalue weighted by Crippen LogP contribution is -2.50. The smallest absolute Gasteiger partial charge is 0.253 e. The Morgan fingerprint density at radius 1 is 0.926 bits per heavy atom. The van der Waals surface area contributed by atoms with Crippen molar-refractivity contribution in [3.05, 3.63) is 70.2 Å². The third-order valence-electron chi connectivity index (χ3n) is 4.63. The molecular weight excluding hydrogens is 374 g/mol. The molecule has 0 unspecified atom stereocenters. The Labute approximate surface area is 161 Å². The molecule has 1 aliphatic heterocycles. The monoisotopic (exact) mass is 392 g/mol. The van der Waals surface area contributed by atoms with E-state index in [0.29, 0.717) is 36.8 Å². The summed E-state index contributed by atoms with van der Waals surface area (Å²) in [4.78, 5) is 28.2. The topological polar surface area (TPSA) is 40.6 Å². The van der Waals surface area contributed by atoms with Gasteiger partial charge in [0.05, 0.1) is 0 Å². The lowest BCUT2D eigenvalue weighted by molar-refractivity contribution is -0.132. The molecule has 1 saturated heterocycles. The molecule has 0 atom stereocenters. The molecule has 1 fully saturated rings.